The van der Waals surface area contributed by atoms with Gasteiger partial charge in [0.1, 0.15) is 5.75 Å². The van der Waals surface area contributed by atoms with Crippen LogP contribution in [0.15, 0.2) is 200 Å². The van der Waals surface area contributed by atoms with Gasteiger partial charge in [-0.3, -0.25) is 0 Å². The molecule has 309 valence electrons. The van der Waals surface area contributed by atoms with Gasteiger partial charge in [-0.1, -0.05) is 103 Å². The van der Waals surface area contributed by atoms with Crippen molar-refractivity contribution in [1.29, 1.82) is 0 Å². The molecule has 0 fully saturated rings. The Kier molecular flexibility index (Phi) is 17.1. The number of pyridine rings is 3. The normalized spacial score (nSPS) is 10.7. The van der Waals surface area contributed by atoms with E-state index >= 15 is 0 Å². The predicted molar refractivity (Wildman–Crippen MR) is 238 cm³/mol. The second-order valence-electron chi connectivity index (χ2n) is 13.2. The van der Waals surface area contributed by atoms with Crippen LogP contribution in [0.25, 0.3) is 67.2 Å². The molecule has 0 amide bonds. The molecule has 6 aromatic carbocycles. The van der Waals surface area contributed by atoms with Crippen LogP contribution in [-0.4, -0.2) is 22.1 Å². The molecular formula is C54H42Ir3N3O-3. The van der Waals surface area contributed by atoms with Crippen molar-refractivity contribution in [2.75, 3.05) is 7.11 Å². The van der Waals surface area contributed by atoms with Crippen LogP contribution in [0.4, 0.5) is 0 Å². The van der Waals surface area contributed by atoms with E-state index in [4.69, 9.17) is 10.2 Å². The summed E-state index contributed by atoms with van der Waals surface area (Å²) in [6, 6.07) is 60.1. The number of hydrogen-bond acceptors (Lipinski definition) is 4. The predicted octanol–water partition coefficient (Wildman–Crippen LogP) is 13.3. The van der Waals surface area contributed by atoms with E-state index in [1.807, 2.05) is 128 Å². The van der Waals surface area contributed by atoms with Gasteiger partial charge in [-0.15, -0.1) is 108 Å². The van der Waals surface area contributed by atoms with Crippen molar-refractivity contribution in [3.05, 3.63) is 230 Å². The smallest absolute Gasteiger partial charge is 0.126 e. The molecule has 0 saturated heterocycles. The zero-order valence-electron chi connectivity index (χ0n) is 37.5. The third-order valence-electron chi connectivity index (χ3n) is 9.31. The first-order chi connectivity index (χ1) is 30.2. The number of aromatic nitrogens is 3. The zero-order valence-corrected chi connectivity index (χ0v) is 40.7. The van der Waals surface area contributed by atoms with Crippen LogP contribution in [0.3, 0.4) is 0 Å². The first-order valence-corrected chi connectivity index (χ1v) is 18.8. The Morgan fingerprint density at radius 2 is 0.984 bits per heavy atom. The van der Waals surface area contributed by atoms with Crippen LogP contribution in [-0.2, 0) is 60.3 Å². The van der Waals surface area contributed by atoms with Gasteiger partial charge in [-0.25, -0.2) is 0 Å². The zero-order chi connectivity index (χ0) is 43.4. The van der Waals surface area contributed by atoms with E-state index in [9.17, 15) is 0 Å². The number of methoxy groups -OCH3 is 1. The summed E-state index contributed by atoms with van der Waals surface area (Å²) in [5, 5.41) is 0. The van der Waals surface area contributed by atoms with E-state index in [-0.39, 0.29) is 90.0 Å². The fourth-order valence-corrected chi connectivity index (χ4v) is 6.39. The first kappa shape index (κ1) is 42.2. The van der Waals surface area contributed by atoms with Crippen molar-refractivity contribution in [1.82, 2.24) is 15.0 Å². The molecule has 0 aliphatic rings. The quantitative estimate of drug-likeness (QED) is 0.149. The maximum absolute atomic E-state index is 7.99. The molecule has 0 bridgehead atoms. The van der Waals surface area contributed by atoms with Gasteiger partial charge in [-0.2, -0.15) is 0 Å². The summed E-state index contributed by atoms with van der Waals surface area (Å²) in [4.78, 5) is 13.4. The van der Waals surface area contributed by atoms with E-state index in [1.54, 1.807) is 19.4 Å². The van der Waals surface area contributed by atoms with Crippen molar-refractivity contribution >= 4 is 0 Å². The van der Waals surface area contributed by atoms with Crippen LogP contribution < -0.4 is 4.74 Å². The van der Waals surface area contributed by atoms with E-state index < -0.39 is 0 Å². The van der Waals surface area contributed by atoms with Crippen LogP contribution >= 0.6 is 0 Å². The summed E-state index contributed by atoms with van der Waals surface area (Å²) < 4.78 is 36.4. The SMILES string of the molecule is COc1ccccc1-c1ccc(-c2[c-]cccc2)nc1.[2H]c1[c-]c(-c2ccc(-c3c(C)cccc3C)cn2)c([2H])c([2H])c1[2H].[Ir].[Ir].[Ir].[c-]1ccccc1-c1ccc(-c2ccccc2)cn1. The molecule has 4 nitrogen and oxygen atoms in total. The fourth-order valence-electron chi connectivity index (χ4n) is 6.39. The molecule has 9 rings (SSSR count). The molecule has 3 heterocycles. The van der Waals surface area contributed by atoms with Crippen LogP contribution in [0, 0.1) is 32.0 Å². The minimum atomic E-state index is -0.282. The van der Waals surface area contributed by atoms with Crippen molar-refractivity contribution in [2.24, 2.45) is 0 Å². The topological polar surface area (TPSA) is 47.9 Å². The monoisotopic (exact) mass is 1330 g/mol. The summed E-state index contributed by atoms with van der Waals surface area (Å²) in [7, 11) is 1.68. The number of aryl methyl sites for hydroxylation is 2. The van der Waals surface area contributed by atoms with Gasteiger partial charge < -0.3 is 19.7 Å². The summed E-state index contributed by atoms with van der Waals surface area (Å²) in [6.45, 7) is 4.11. The van der Waals surface area contributed by atoms with Gasteiger partial charge in [0.2, 0.25) is 0 Å². The number of benzene rings is 6. The van der Waals surface area contributed by atoms with Crippen molar-refractivity contribution in [3.63, 3.8) is 0 Å². The summed E-state index contributed by atoms with van der Waals surface area (Å²) in [5.74, 6) is 0.855. The Hall–Kier alpha value is -5.48. The molecule has 0 saturated carbocycles. The third-order valence-corrected chi connectivity index (χ3v) is 9.31. The molecule has 3 radical (unpaired) electrons. The van der Waals surface area contributed by atoms with Crippen molar-refractivity contribution in [3.8, 4) is 72.9 Å². The average molecular weight is 1330 g/mol. The molecule has 0 aliphatic carbocycles. The second-order valence-corrected chi connectivity index (χ2v) is 13.2. The number of hydrogen-bond donors (Lipinski definition) is 0. The Bertz CT molecular complexity index is 2800. The van der Waals surface area contributed by atoms with E-state index in [1.165, 1.54) is 5.56 Å². The van der Waals surface area contributed by atoms with E-state index in [0.717, 1.165) is 67.2 Å². The Labute approximate surface area is 406 Å². The van der Waals surface area contributed by atoms with Gasteiger partial charge in [0.05, 0.1) is 7.11 Å². The summed E-state index contributed by atoms with van der Waals surface area (Å²) in [5.41, 5.74) is 13.5. The molecule has 7 heteroatoms. The third kappa shape index (κ3) is 13.0. The molecule has 0 aliphatic heterocycles. The molecule has 61 heavy (non-hydrogen) atoms. The Morgan fingerprint density at radius 3 is 1.52 bits per heavy atom. The number of ether oxygens (including phenoxy) is 1. The molecule has 0 N–H and O–H groups in total. The van der Waals surface area contributed by atoms with Gasteiger partial charge in [0.15, 0.2) is 0 Å². The fraction of sp³-hybridized carbons (Fsp3) is 0.0556. The minimum absolute atomic E-state index is 0. The summed E-state index contributed by atoms with van der Waals surface area (Å²) in [6.07, 6.45) is 5.51. The molecule has 9 aromatic rings. The van der Waals surface area contributed by atoms with Crippen LogP contribution in [0.2, 0.25) is 0 Å². The Morgan fingerprint density at radius 1 is 0.459 bits per heavy atom. The van der Waals surface area contributed by atoms with E-state index in [2.05, 4.69) is 83.4 Å². The van der Waals surface area contributed by atoms with Crippen LogP contribution in [0.5, 0.6) is 5.75 Å². The van der Waals surface area contributed by atoms with E-state index in [0.29, 0.717) is 5.69 Å². The minimum Gasteiger partial charge on any atom is -0.496 e. The molecule has 3 aromatic heterocycles. The maximum Gasteiger partial charge on any atom is 0.126 e. The van der Waals surface area contributed by atoms with Crippen molar-refractivity contribution < 1.29 is 70.5 Å². The average Bonchev–Trinajstić information content (AvgIpc) is 3.33. The largest absolute Gasteiger partial charge is 0.496 e. The number of rotatable bonds is 7. The standard InChI is InChI=1S/C19H16N.C18H14NO.C17H12N.3Ir/c1-14-7-6-8-15(2)19(14)17-11-12-18(20-13-17)16-9-4-3-5-10-16;1-20-18-10-6-5-9-16(18)15-11-12-17(19-13-15)14-7-3-2-4-8-14;1-3-7-14(8-4-1)16-11-12-17(18-13-16)15-9-5-2-6-10-15;;;/h3-9,11-13H,1-2H3;2-7,9-13H,1H3;1-9,11-13H;;;/q3*-1;;;/i3D,4D,5D,9D;;;;;. The maximum atomic E-state index is 7.99. The molecule has 0 atom stereocenters. The molecule has 0 unspecified atom stereocenters. The van der Waals surface area contributed by atoms with Gasteiger partial charge in [0.25, 0.3) is 0 Å². The second kappa shape index (κ2) is 24.7. The van der Waals surface area contributed by atoms with Gasteiger partial charge in [0, 0.05) is 92.8 Å². The molecular weight excluding hydrogens is 1280 g/mol. The molecule has 0 spiro atoms. The van der Waals surface area contributed by atoms with Crippen molar-refractivity contribution in [2.45, 2.75) is 13.8 Å². The number of nitrogens with zero attached hydrogens (tertiary/aromatic N) is 3. The summed E-state index contributed by atoms with van der Waals surface area (Å²) >= 11 is 0. The van der Waals surface area contributed by atoms with Gasteiger partial charge in [-0.05, 0) is 73.1 Å². The van der Waals surface area contributed by atoms with Crippen LogP contribution in [0.1, 0.15) is 16.6 Å². The Balaban J connectivity index is 0.000000211. The number of para-hydroxylation sites is 1. The first-order valence-electron chi connectivity index (χ1n) is 20.8. The van der Waals surface area contributed by atoms with Gasteiger partial charge >= 0.3 is 0 Å².